The molecule has 26 heavy (non-hydrogen) atoms. The molecule has 6 nitrogen and oxygen atoms in total. The van der Waals surface area contributed by atoms with E-state index >= 15 is 0 Å². The van der Waals surface area contributed by atoms with E-state index in [2.05, 4.69) is 17.4 Å². The van der Waals surface area contributed by atoms with Crippen LogP contribution in [0.1, 0.15) is 28.8 Å². The molecule has 3 rings (SSSR count). The number of rotatable bonds is 5. The molecule has 0 saturated carbocycles. The van der Waals surface area contributed by atoms with Gasteiger partial charge in [-0.1, -0.05) is 41.9 Å². The molecular weight excluding hydrogens is 356 g/mol. The number of nitro benzene ring substituents is 1. The number of carbonyl (C=O) groups is 1. The van der Waals surface area contributed by atoms with Gasteiger partial charge in [-0.2, -0.15) is 0 Å². The van der Waals surface area contributed by atoms with Crippen molar-refractivity contribution in [3.63, 3.8) is 0 Å². The Morgan fingerprint density at radius 1 is 1.19 bits per heavy atom. The topological polar surface area (TPSA) is 81.5 Å². The quantitative estimate of drug-likeness (QED) is 0.638. The maximum atomic E-state index is 12.6. The molecule has 7 heteroatoms. The second-order valence-electron chi connectivity index (χ2n) is 6.36. The summed E-state index contributed by atoms with van der Waals surface area (Å²) in [5, 5.41) is 13.8. The fourth-order valence-electron chi connectivity index (χ4n) is 3.27. The van der Waals surface area contributed by atoms with E-state index in [1.165, 1.54) is 23.8 Å². The number of non-ortho nitro benzene ring substituents is 1. The zero-order valence-electron chi connectivity index (χ0n) is 14.1. The van der Waals surface area contributed by atoms with Crippen LogP contribution in [-0.2, 0) is 10.2 Å². The first-order chi connectivity index (χ1) is 12.5. The lowest BCUT2D eigenvalue weighted by Crippen LogP contribution is -2.44. The minimum Gasteiger partial charge on any atom is -0.381 e. The predicted molar refractivity (Wildman–Crippen MR) is 98.6 cm³/mol. The number of ether oxygens (including phenoxy) is 1. The standard InChI is InChI=1S/C19H19ClN2O4/c20-17-12-15(22(24)25)6-7-16(17)18(23)21-13-19(8-10-26-11-9-19)14-4-2-1-3-5-14/h1-7,12H,8-11,13H2,(H,21,23). The van der Waals surface area contributed by atoms with Gasteiger partial charge in [0, 0.05) is 37.3 Å². The van der Waals surface area contributed by atoms with E-state index in [1.807, 2.05) is 18.2 Å². The molecule has 0 radical (unpaired) electrons. The third kappa shape index (κ3) is 3.86. The van der Waals surface area contributed by atoms with E-state index in [4.69, 9.17) is 16.3 Å². The van der Waals surface area contributed by atoms with Crippen molar-refractivity contribution >= 4 is 23.2 Å². The van der Waals surface area contributed by atoms with Gasteiger partial charge in [0.15, 0.2) is 0 Å². The largest absolute Gasteiger partial charge is 0.381 e. The zero-order valence-corrected chi connectivity index (χ0v) is 14.9. The summed E-state index contributed by atoms with van der Waals surface area (Å²) < 4.78 is 5.49. The zero-order chi connectivity index (χ0) is 18.6. The van der Waals surface area contributed by atoms with E-state index < -0.39 is 4.92 Å². The number of hydrogen-bond donors (Lipinski definition) is 1. The Bertz CT molecular complexity index is 804. The molecule has 0 aromatic heterocycles. The normalized spacial score (nSPS) is 16.0. The number of hydrogen-bond acceptors (Lipinski definition) is 4. The number of nitro groups is 1. The molecule has 0 bridgehead atoms. The van der Waals surface area contributed by atoms with Gasteiger partial charge in [0.05, 0.1) is 15.5 Å². The molecule has 0 unspecified atom stereocenters. The fourth-order valence-corrected chi connectivity index (χ4v) is 3.53. The molecule has 1 fully saturated rings. The third-order valence-corrected chi connectivity index (χ3v) is 5.14. The summed E-state index contributed by atoms with van der Waals surface area (Å²) in [5.41, 5.74) is 1.06. The first-order valence-corrected chi connectivity index (χ1v) is 8.75. The molecular formula is C19H19ClN2O4. The van der Waals surface area contributed by atoms with Crippen LogP contribution in [-0.4, -0.2) is 30.6 Å². The third-order valence-electron chi connectivity index (χ3n) is 4.83. The van der Waals surface area contributed by atoms with Gasteiger partial charge in [-0.3, -0.25) is 14.9 Å². The fraction of sp³-hybridized carbons (Fsp3) is 0.316. The van der Waals surface area contributed by atoms with Crippen LogP contribution in [0.2, 0.25) is 5.02 Å². The molecule has 0 atom stereocenters. The molecule has 0 aliphatic carbocycles. The molecule has 1 aliphatic rings. The number of nitrogens with one attached hydrogen (secondary N) is 1. The molecule has 2 aromatic rings. The van der Waals surface area contributed by atoms with Crippen LogP contribution >= 0.6 is 11.6 Å². The van der Waals surface area contributed by atoms with E-state index in [9.17, 15) is 14.9 Å². The van der Waals surface area contributed by atoms with E-state index in [0.29, 0.717) is 19.8 Å². The monoisotopic (exact) mass is 374 g/mol. The minimum atomic E-state index is -0.542. The van der Waals surface area contributed by atoms with Crippen LogP contribution in [0.15, 0.2) is 48.5 Å². The summed E-state index contributed by atoms with van der Waals surface area (Å²) in [6, 6.07) is 13.9. The molecule has 1 aliphatic heterocycles. The van der Waals surface area contributed by atoms with Gasteiger partial charge < -0.3 is 10.1 Å². The van der Waals surface area contributed by atoms with Crippen LogP contribution in [0.5, 0.6) is 0 Å². The second kappa shape index (κ2) is 7.85. The van der Waals surface area contributed by atoms with Gasteiger partial charge in [-0.05, 0) is 24.5 Å². The van der Waals surface area contributed by atoms with Gasteiger partial charge >= 0.3 is 0 Å². The van der Waals surface area contributed by atoms with Crippen LogP contribution in [0.3, 0.4) is 0 Å². The number of halogens is 1. The summed E-state index contributed by atoms with van der Waals surface area (Å²) in [7, 11) is 0. The second-order valence-corrected chi connectivity index (χ2v) is 6.77. The number of amides is 1. The highest BCUT2D eigenvalue weighted by atomic mass is 35.5. The van der Waals surface area contributed by atoms with Crippen molar-refractivity contribution in [3.05, 3.63) is 74.8 Å². The highest BCUT2D eigenvalue weighted by Gasteiger charge is 2.35. The maximum absolute atomic E-state index is 12.6. The highest BCUT2D eigenvalue weighted by Crippen LogP contribution is 2.34. The number of nitrogens with zero attached hydrogens (tertiary/aromatic N) is 1. The summed E-state index contributed by atoms with van der Waals surface area (Å²) in [6.45, 7) is 1.73. The molecule has 1 N–H and O–H groups in total. The van der Waals surface area contributed by atoms with Crippen LogP contribution < -0.4 is 5.32 Å². The van der Waals surface area contributed by atoms with Crippen LogP contribution in [0, 0.1) is 10.1 Å². The van der Waals surface area contributed by atoms with Crippen molar-refractivity contribution in [3.8, 4) is 0 Å². The smallest absolute Gasteiger partial charge is 0.270 e. The Morgan fingerprint density at radius 2 is 1.88 bits per heavy atom. The Hall–Kier alpha value is -2.44. The predicted octanol–water partition coefficient (Wildman–Crippen LogP) is 3.73. The summed E-state index contributed by atoms with van der Waals surface area (Å²) in [4.78, 5) is 22.8. The minimum absolute atomic E-state index is 0.0671. The van der Waals surface area contributed by atoms with Gasteiger partial charge in [0.1, 0.15) is 0 Å². The van der Waals surface area contributed by atoms with Gasteiger partial charge in [0.25, 0.3) is 11.6 Å². The first kappa shape index (κ1) is 18.4. The Balaban J connectivity index is 1.77. The lowest BCUT2D eigenvalue weighted by molar-refractivity contribution is -0.384. The lowest BCUT2D eigenvalue weighted by atomic mass is 9.74. The van der Waals surface area contributed by atoms with Crippen LogP contribution in [0.25, 0.3) is 0 Å². The Morgan fingerprint density at radius 3 is 2.50 bits per heavy atom. The van der Waals surface area contributed by atoms with E-state index in [-0.39, 0.29) is 27.6 Å². The average molecular weight is 375 g/mol. The summed E-state index contributed by atoms with van der Waals surface area (Å²) in [6.07, 6.45) is 1.62. The molecule has 2 aromatic carbocycles. The summed E-state index contributed by atoms with van der Waals surface area (Å²) >= 11 is 6.06. The Kier molecular flexibility index (Phi) is 5.54. The van der Waals surface area contributed by atoms with E-state index in [0.717, 1.165) is 12.8 Å². The molecule has 136 valence electrons. The lowest BCUT2D eigenvalue weighted by Gasteiger charge is -2.38. The van der Waals surface area contributed by atoms with E-state index in [1.54, 1.807) is 0 Å². The van der Waals surface area contributed by atoms with Gasteiger partial charge in [-0.15, -0.1) is 0 Å². The SMILES string of the molecule is O=C(NCC1(c2ccccc2)CCOCC1)c1ccc([N+](=O)[O-])cc1Cl. The molecule has 1 amide bonds. The maximum Gasteiger partial charge on any atom is 0.270 e. The van der Waals surface area contributed by atoms with Crippen molar-refractivity contribution < 1.29 is 14.5 Å². The number of benzene rings is 2. The number of carbonyl (C=O) groups excluding carboxylic acids is 1. The van der Waals surface area contributed by atoms with Gasteiger partial charge in [-0.25, -0.2) is 0 Å². The first-order valence-electron chi connectivity index (χ1n) is 8.37. The summed E-state index contributed by atoms with van der Waals surface area (Å²) in [5.74, 6) is -0.341. The van der Waals surface area contributed by atoms with Gasteiger partial charge in [0.2, 0.25) is 0 Å². The van der Waals surface area contributed by atoms with Crippen molar-refractivity contribution in [1.29, 1.82) is 0 Å². The molecule has 0 spiro atoms. The van der Waals surface area contributed by atoms with Crippen molar-refractivity contribution in [1.82, 2.24) is 5.32 Å². The molecule has 1 saturated heterocycles. The molecule has 1 heterocycles. The average Bonchev–Trinajstić information content (AvgIpc) is 2.67. The Labute approximate surface area is 156 Å². The van der Waals surface area contributed by atoms with Crippen molar-refractivity contribution in [2.75, 3.05) is 19.8 Å². The van der Waals surface area contributed by atoms with Crippen molar-refractivity contribution in [2.45, 2.75) is 18.3 Å². The highest BCUT2D eigenvalue weighted by molar-refractivity contribution is 6.34. The van der Waals surface area contributed by atoms with Crippen LogP contribution in [0.4, 0.5) is 5.69 Å². The van der Waals surface area contributed by atoms with Crippen molar-refractivity contribution in [2.24, 2.45) is 0 Å².